The van der Waals surface area contributed by atoms with Gasteiger partial charge in [-0.2, -0.15) is 0 Å². The summed E-state index contributed by atoms with van der Waals surface area (Å²) in [5.74, 6) is 0. The Morgan fingerprint density at radius 1 is 0.750 bits per heavy atom. The molecule has 3 heterocycles. The number of likely N-dealkylation sites (tertiary alicyclic amines) is 2. The highest BCUT2D eigenvalue weighted by molar-refractivity contribution is 4.96. The molecule has 0 aromatic carbocycles. The van der Waals surface area contributed by atoms with E-state index in [1.54, 1.807) is 0 Å². The van der Waals surface area contributed by atoms with Crippen molar-refractivity contribution in [3.63, 3.8) is 0 Å². The van der Waals surface area contributed by atoms with Gasteiger partial charge in [-0.3, -0.25) is 9.80 Å². The number of piperidine rings is 2. The third kappa shape index (κ3) is 5.11. The van der Waals surface area contributed by atoms with Gasteiger partial charge in [0.2, 0.25) is 0 Å². The molecular weight excluding hydrogens is 344 g/mol. The minimum absolute atomic E-state index is 0.714. The second-order valence-corrected chi connectivity index (χ2v) is 10.7. The maximum absolute atomic E-state index is 2.86. The van der Waals surface area contributed by atoms with Crippen LogP contribution in [0.2, 0.25) is 0 Å². The van der Waals surface area contributed by atoms with Gasteiger partial charge in [0.1, 0.15) is 0 Å². The van der Waals surface area contributed by atoms with E-state index in [-0.39, 0.29) is 0 Å². The Balaban J connectivity index is 1.15. The zero-order valence-electron chi connectivity index (χ0n) is 19.0. The molecule has 4 heteroatoms. The topological polar surface area (TPSA) is 13.0 Å². The lowest BCUT2D eigenvalue weighted by molar-refractivity contribution is 0.0259. The van der Waals surface area contributed by atoms with E-state index < -0.39 is 0 Å². The van der Waals surface area contributed by atoms with E-state index in [1.165, 1.54) is 110 Å². The standard InChI is InChI=1S/C24H46N4/c1-4-9-24(10-11-24)20-25-12-5-22(6-13-25)27-14-7-23(8-15-27)28-18-16-26(17-19-28)21(2)3/h21-23H,4-20H2,1-3H3. The van der Waals surface area contributed by atoms with Crippen LogP contribution in [0.25, 0.3) is 0 Å². The molecule has 4 nitrogen and oxygen atoms in total. The molecule has 0 bridgehead atoms. The van der Waals surface area contributed by atoms with E-state index in [0.29, 0.717) is 6.04 Å². The molecule has 28 heavy (non-hydrogen) atoms. The average molecular weight is 391 g/mol. The van der Waals surface area contributed by atoms with Gasteiger partial charge in [-0.05, 0) is 90.4 Å². The highest BCUT2D eigenvalue weighted by atomic mass is 15.3. The normalized spacial score (nSPS) is 29.6. The smallest absolute Gasteiger partial charge is 0.0121 e. The van der Waals surface area contributed by atoms with E-state index in [9.17, 15) is 0 Å². The van der Waals surface area contributed by atoms with Crippen LogP contribution in [0.5, 0.6) is 0 Å². The molecule has 1 aliphatic carbocycles. The van der Waals surface area contributed by atoms with Gasteiger partial charge in [0, 0.05) is 50.8 Å². The van der Waals surface area contributed by atoms with Crippen molar-refractivity contribution < 1.29 is 0 Å². The number of hydrogen-bond donors (Lipinski definition) is 0. The van der Waals surface area contributed by atoms with Gasteiger partial charge in [0.25, 0.3) is 0 Å². The van der Waals surface area contributed by atoms with Crippen molar-refractivity contribution in [2.45, 2.75) is 90.3 Å². The first-order valence-corrected chi connectivity index (χ1v) is 12.5. The summed E-state index contributed by atoms with van der Waals surface area (Å²) in [4.78, 5) is 11.1. The molecule has 0 amide bonds. The summed E-state index contributed by atoms with van der Waals surface area (Å²) in [5, 5.41) is 0. The second-order valence-electron chi connectivity index (χ2n) is 10.7. The van der Waals surface area contributed by atoms with Crippen LogP contribution in [-0.4, -0.2) is 96.6 Å². The summed E-state index contributed by atoms with van der Waals surface area (Å²) < 4.78 is 0. The van der Waals surface area contributed by atoms with E-state index in [4.69, 9.17) is 0 Å². The Labute approximate surface area is 174 Å². The summed E-state index contributed by atoms with van der Waals surface area (Å²) >= 11 is 0. The molecule has 0 aromatic rings. The van der Waals surface area contributed by atoms with Crippen molar-refractivity contribution >= 4 is 0 Å². The zero-order chi connectivity index (χ0) is 19.6. The van der Waals surface area contributed by atoms with E-state index in [2.05, 4.69) is 40.4 Å². The fourth-order valence-electron chi connectivity index (χ4n) is 6.35. The van der Waals surface area contributed by atoms with E-state index in [0.717, 1.165) is 17.5 Å². The fourth-order valence-corrected chi connectivity index (χ4v) is 6.35. The Hall–Kier alpha value is -0.160. The summed E-state index contributed by atoms with van der Waals surface area (Å²) in [6.07, 6.45) is 11.5. The highest BCUT2D eigenvalue weighted by Crippen LogP contribution is 2.50. The van der Waals surface area contributed by atoms with Gasteiger partial charge < -0.3 is 9.80 Å². The van der Waals surface area contributed by atoms with Crippen LogP contribution in [0.4, 0.5) is 0 Å². The van der Waals surface area contributed by atoms with Crippen molar-refractivity contribution in [1.82, 2.24) is 19.6 Å². The predicted octanol–water partition coefficient (Wildman–Crippen LogP) is 3.52. The number of piperazine rings is 1. The van der Waals surface area contributed by atoms with Crippen LogP contribution in [0, 0.1) is 5.41 Å². The van der Waals surface area contributed by atoms with Crippen LogP contribution >= 0.6 is 0 Å². The molecular formula is C24H46N4. The average Bonchev–Trinajstić information content (AvgIpc) is 3.48. The van der Waals surface area contributed by atoms with Crippen molar-refractivity contribution in [3.8, 4) is 0 Å². The Morgan fingerprint density at radius 2 is 1.29 bits per heavy atom. The van der Waals surface area contributed by atoms with Crippen molar-refractivity contribution in [1.29, 1.82) is 0 Å². The molecule has 162 valence electrons. The minimum Gasteiger partial charge on any atom is -0.303 e. The van der Waals surface area contributed by atoms with Crippen molar-refractivity contribution in [2.75, 3.05) is 58.9 Å². The monoisotopic (exact) mass is 390 g/mol. The molecule has 3 aliphatic heterocycles. The van der Waals surface area contributed by atoms with E-state index >= 15 is 0 Å². The summed E-state index contributed by atoms with van der Waals surface area (Å²) in [6.45, 7) is 19.0. The maximum atomic E-state index is 2.86. The molecule has 0 spiro atoms. The molecule has 3 saturated heterocycles. The Morgan fingerprint density at radius 3 is 1.79 bits per heavy atom. The maximum Gasteiger partial charge on any atom is 0.0121 e. The van der Waals surface area contributed by atoms with Gasteiger partial charge in [0.15, 0.2) is 0 Å². The number of hydrogen-bond acceptors (Lipinski definition) is 4. The van der Waals surface area contributed by atoms with E-state index in [1.807, 2.05) is 0 Å². The predicted molar refractivity (Wildman–Crippen MR) is 119 cm³/mol. The molecule has 0 aromatic heterocycles. The van der Waals surface area contributed by atoms with Gasteiger partial charge in [0.05, 0.1) is 0 Å². The van der Waals surface area contributed by atoms with Crippen LogP contribution < -0.4 is 0 Å². The van der Waals surface area contributed by atoms with Gasteiger partial charge >= 0.3 is 0 Å². The largest absolute Gasteiger partial charge is 0.303 e. The number of nitrogens with zero attached hydrogens (tertiary/aromatic N) is 4. The summed E-state index contributed by atoms with van der Waals surface area (Å²) in [7, 11) is 0. The lowest BCUT2D eigenvalue weighted by atomic mass is 9.94. The van der Waals surface area contributed by atoms with Crippen molar-refractivity contribution in [3.05, 3.63) is 0 Å². The molecule has 4 aliphatic rings. The van der Waals surface area contributed by atoms with Gasteiger partial charge in [-0.15, -0.1) is 0 Å². The van der Waals surface area contributed by atoms with Gasteiger partial charge in [-0.25, -0.2) is 0 Å². The first-order valence-electron chi connectivity index (χ1n) is 12.5. The third-order valence-electron chi connectivity index (χ3n) is 8.46. The summed E-state index contributed by atoms with van der Waals surface area (Å²) in [6, 6.07) is 2.44. The lowest BCUT2D eigenvalue weighted by Crippen LogP contribution is -2.56. The lowest BCUT2D eigenvalue weighted by Gasteiger charge is -2.46. The fraction of sp³-hybridized carbons (Fsp3) is 1.00. The molecule has 4 rings (SSSR count). The van der Waals surface area contributed by atoms with Crippen LogP contribution in [-0.2, 0) is 0 Å². The molecule has 0 atom stereocenters. The molecule has 0 radical (unpaired) electrons. The zero-order valence-corrected chi connectivity index (χ0v) is 19.0. The minimum atomic E-state index is 0.714. The SMILES string of the molecule is CCCC1(CN2CCC(N3CCC(N4CCN(C(C)C)CC4)CC3)CC2)CC1. The van der Waals surface area contributed by atoms with Crippen LogP contribution in [0.1, 0.15) is 72.1 Å². The third-order valence-corrected chi connectivity index (χ3v) is 8.46. The molecule has 0 N–H and O–H groups in total. The first kappa shape index (κ1) is 21.1. The summed E-state index contributed by atoms with van der Waals surface area (Å²) in [5.41, 5.74) is 0.736. The molecule has 0 unspecified atom stereocenters. The van der Waals surface area contributed by atoms with Crippen LogP contribution in [0.15, 0.2) is 0 Å². The molecule has 1 saturated carbocycles. The van der Waals surface area contributed by atoms with Gasteiger partial charge in [-0.1, -0.05) is 13.3 Å². The number of rotatable bonds is 7. The Kier molecular flexibility index (Phi) is 7.02. The van der Waals surface area contributed by atoms with Crippen LogP contribution in [0.3, 0.4) is 0 Å². The Bertz CT molecular complexity index is 465. The first-order chi connectivity index (χ1) is 13.6. The highest BCUT2D eigenvalue weighted by Gasteiger charge is 2.43. The second kappa shape index (κ2) is 9.32. The van der Waals surface area contributed by atoms with Crippen molar-refractivity contribution in [2.24, 2.45) is 5.41 Å². The quantitative estimate of drug-likeness (QED) is 0.659. The molecule has 4 fully saturated rings.